The first-order valence-corrected chi connectivity index (χ1v) is 9.45. The molecule has 1 aromatic rings. The lowest BCUT2D eigenvalue weighted by atomic mass is 9.71. The molecule has 156 valence electrons. The van der Waals surface area contributed by atoms with Gasteiger partial charge in [0, 0.05) is 16.7 Å². The molecule has 1 aromatic carbocycles. The Kier molecular flexibility index (Phi) is 5.32. The van der Waals surface area contributed by atoms with Crippen LogP contribution in [0.5, 0.6) is 11.5 Å². The van der Waals surface area contributed by atoms with Gasteiger partial charge in [-0.15, -0.1) is 0 Å². The molecule has 0 radical (unpaired) electrons. The number of carbonyl (C=O) groups excluding carboxylic acids is 2. The lowest BCUT2D eigenvalue weighted by molar-refractivity contribution is 0.0390. The van der Waals surface area contributed by atoms with Gasteiger partial charge >= 0.3 is 0 Å². The molecule has 1 aliphatic carbocycles. The second kappa shape index (κ2) is 7.31. The monoisotopic (exact) mass is 402 g/mol. The number of rotatable bonds is 5. The van der Waals surface area contributed by atoms with Crippen LogP contribution in [0.25, 0.3) is 0 Å². The summed E-state index contributed by atoms with van der Waals surface area (Å²) < 4.78 is 11.1. The zero-order chi connectivity index (χ0) is 21.7. The SMILES string of the molecule is COC1=C(C)C(=O)c2c(cc(O)c3c2O[C@H](C)[C@]3(C)[C@H](O)C/C=C(\C)CO)C1=O. The van der Waals surface area contributed by atoms with Gasteiger partial charge in [0.15, 0.2) is 11.5 Å². The summed E-state index contributed by atoms with van der Waals surface area (Å²) >= 11 is 0. The average Bonchev–Trinajstić information content (AvgIpc) is 2.96. The lowest BCUT2D eigenvalue weighted by Crippen LogP contribution is -2.44. The van der Waals surface area contributed by atoms with E-state index in [1.807, 2.05) is 0 Å². The van der Waals surface area contributed by atoms with Crippen molar-refractivity contribution in [2.45, 2.75) is 51.7 Å². The molecule has 1 heterocycles. The minimum Gasteiger partial charge on any atom is -0.507 e. The number of benzene rings is 1. The molecule has 1 aliphatic heterocycles. The van der Waals surface area contributed by atoms with Crippen LogP contribution < -0.4 is 4.74 Å². The summed E-state index contributed by atoms with van der Waals surface area (Å²) in [7, 11) is 1.32. The zero-order valence-corrected chi connectivity index (χ0v) is 17.2. The van der Waals surface area contributed by atoms with Crippen LogP contribution >= 0.6 is 0 Å². The molecule has 0 amide bonds. The molecule has 0 fully saturated rings. The number of ether oxygens (including phenoxy) is 2. The molecule has 3 N–H and O–H groups in total. The van der Waals surface area contributed by atoms with Gasteiger partial charge in [-0.3, -0.25) is 9.59 Å². The Hall–Kier alpha value is -2.64. The van der Waals surface area contributed by atoms with E-state index in [-0.39, 0.29) is 47.0 Å². The zero-order valence-electron chi connectivity index (χ0n) is 17.2. The Labute approximate surface area is 169 Å². The van der Waals surface area contributed by atoms with Gasteiger partial charge < -0.3 is 24.8 Å². The topological polar surface area (TPSA) is 113 Å². The Morgan fingerprint density at radius 1 is 1.38 bits per heavy atom. The van der Waals surface area contributed by atoms with Gasteiger partial charge in [-0.1, -0.05) is 11.6 Å². The number of aromatic hydroxyl groups is 1. The molecule has 3 rings (SSSR count). The summed E-state index contributed by atoms with van der Waals surface area (Å²) in [4.78, 5) is 25.8. The highest BCUT2D eigenvalue weighted by atomic mass is 16.5. The standard InChI is InChI=1S/C22H26O7/c1-10(9-23)6-7-15(25)22(4)12(3)29-21-16-13(8-14(24)17(21)22)19(27)20(28-5)11(2)18(16)26/h6,8,12,15,23-25H,7,9H2,1-5H3/b10-6+/t12-,15-,22-/m1/s1. The lowest BCUT2D eigenvalue weighted by Gasteiger charge is -2.33. The van der Waals surface area contributed by atoms with Crippen molar-refractivity contribution in [3.63, 3.8) is 0 Å². The van der Waals surface area contributed by atoms with E-state index in [9.17, 15) is 24.9 Å². The van der Waals surface area contributed by atoms with Gasteiger partial charge in [0.2, 0.25) is 5.78 Å². The number of fused-ring (bicyclic) bond motifs is 3. The number of hydrogen-bond donors (Lipinski definition) is 3. The van der Waals surface area contributed by atoms with E-state index in [1.165, 1.54) is 20.1 Å². The third kappa shape index (κ3) is 2.96. The van der Waals surface area contributed by atoms with E-state index in [0.717, 1.165) is 0 Å². The molecule has 2 aliphatic rings. The van der Waals surface area contributed by atoms with Crippen molar-refractivity contribution in [3.8, 4) is 11.5 Å². The number of ketones is 2. The van der Waals surface area contributed by atoms with Gasteiger partial charge in [0.1, 0.15) is 17.6 Å². The Balaban J connectivity index is 2.18. The predicted octanol–water partition coefficient (Wildman–Crippen LogP) is 2.42. The molecule has 7 nitrogen and oxygen atoms in total. The number of phenolic OH excluding ortho intramolecular Hbond substituents is 1. The van der Waals surface area contributed by atoms with Crippen LogP contribution in [-0.4, -0.2) is 52.8 Å². The van der Waals surface area contributed by atoms with Gasteiger partial charge in [-0.2, -0.15) is 0 Å². The number of carbonyl (C=O) groups is 2. The second-order valence-electron chi connectivity index (χ2n) is 7.84. The first kappa shape index (κ1) is 21.1. The van der Waals surface area contributed by atoms with Crippen molar-refractivity contribution in [1.82, 2.24) is 0 Å². The number of methoxy groups -OCH3 is 1. The van der Waals surface area contributed by atoms with E-state index in [2.05, 4.69) is 0 Å². The summed E-state index contributed by atoms with van der Waals surface area (Å²) in [6.07, 6.45) is 0.433. The average molecular weight is 402 g/mol. The molecule has 0 spiro atoms. The van der Waals surface area contributed by atoms with Crippen LogP contribution in [0.15, 0.2) is 29.0 Å². The highest BCUT2D eigenvalue weighted by Crippen LogP contribution is 2.53. The number of phenols is 1. The molecule has 0 bridgehead atoms. The first-order chi connectivity index (χ1) is 13.6. The second-order valence-corrected chi connectivity index (χ2v) is 7.84. The minimum absolute atomic E-state index is 0.0238. The smallest absolute Gasteiger partial charge is 0.228 e. The minimum atomic E-state index is -1.02. The van der Waals surface area contributed by atoms with Gasteiger partial charge in [0.05, 0.1) is 30.8 Å². The van der Waals surface area contributed by atoms with Crippen molar-refractivity contribution in [3.05, 3.63) is 45.7 Å². The van der Waals surface area contributed by atoms with E-state index in [1.54, 1.807) is 26.8 Å². The Morgan fingerprint density at radius 2 is 2.03 bits per heavy atom. The van der Waals surface area contributed by atoms with E-state index < -0.39 is 29.2 Å². The highest BCUT2D eigenvalue weighted by molar-refractivity contribution is 6.27. The molecular formula is C22H26O7. The summed E-state index contributed by atoms with van der Waals surface area (Å²) in [6.45, 7) is 6.64. The highest BCUT2D eigenvalue weighted by Gasteiger charge is 2.52. The number of Topliss-reactive ketones (excluding diaryl/α,β-unsaturated/α-hetero) is 2. The molecule has 0 unspecified atom stereocenters. The van der Waals surface area contributed by atoms with Gasteiger partial charge in [-0.05, 0) is 40.2 Å². The fourth-order valence-electron chi connectivity index (χ4n) is 4.08. The molecule has 3 atom stereocenters. The Bertz CT molecular complexity index is 956. The van der Waals surface area contributed by atoms with Crippen molar-refractivity contribution in [1.29, 1.82) is 0 Å². The maximum atomic E-state index is 13.0. The number of aliphatic hydroxyl groups excluding tert-OH is 2. The van der Waals surface area contributed by atoms with Crippen molar-refractivity contribution in [2.24, 2.45) is 0 Å². The van der Waals surface area contributed by atoms with Crippen LogP contribution in [0.3, 0.4) is 0 Å². The summed E-state index contributed by atoms with van der Waals surface area (Å²) in [5.41, 5.74) is 0.277. The molecule has 29 heavy (non-hydrogen) atoms. The summed E-state index contributed by atoms with van der Waals surface area (Å²) in [6, 6.07) is 1.25. The quantitative estimate of drug-likeness (QED) is 0.648. The number of allylic oxidation sites excluding steroid dienone is 2. The van der Waals surface area contributed by atoms with Crippen LogP contribution in [0.2, 0.25) is 0 Å². The summed E-state index contributed by atoms with van der Waals surface area (Å²) in [5.74, 6) is -1.05. The van der Waals surface area contributed by atoms with Crippen LogP contribution in [0.1, 0.15) is 60.4 Å². The predicted molar refractivity (Wildman–Crippen MR) is 105 cm³/mol. The normalized spacial score (nSPS) is 24.9. The number of aliphatic hydroxyl groups is 2. The molecule has 0 saturated carbocycles. The molecule has 0 aromatic heterocycles. The van der Waals surface area contributed by atoms with E-state index >= 15 is 0 Å². The molecular weight excluding hydrogens is 376 g/mol. The fraction of sp³-hybridized carbons (Fsp3) is 0.455. The summed E-state index contributed by atoms with van der Waals surface area (Å²) in [5, 5.41) is 30.9. The maximum absolute atomic E-state index is 13.0. The third-order valence-electron chi connectivity index (χ3n) is 6.13. The van der Waals surface area contributed by atoms with Gasteiger partial charge in [0.25, 0.3) is 0 Å². The van der Waals surface area contributed by atoms with E-state index in [4.69, 9.17) is 9.47 Å². The van der Waals surface area contributed by atoms with Gasteiger partial charge in [-0.25, -0.2) is 0 Å². The Morgan fingerprint density at radius 3 is 2.62 bits per heavy atom. The van der Waals surface area contributed by atoms with Crippen LogP contribution in [0.4, 0.5) is 0 Å². The molecule has 7 heteroatoms. The first-order valence-electron chi connectivity index (χ1n) is 9.45. The van der Waals surface area contributed by atoms with Crippen molar-refractivity contribution in [2.75, 3.05) is 13.7 Å². The maximum Gasteiger partial charge on any atom is 0.228 e. The van der Waals surface area contributed by atoms with Crippen LogP contribution in [-0.2, 0) is 10.2 Å². The fourth-order valence-corrected chi connectivity index (χ4v) is 4.08. The van der Waals surface area contributed by atoms with E-state index in [0.29, 0.717) is 11.1 Å². The largest absolute Gasteiger partial charge is 0.507 e. The third-order valence-corrected chi connectivity index (χ3v) is 6.13. The number of hydrogen-bond acceptors (Lipinski definition) is 7. The van der Waals surface area contributed by atoms with Crippen molar-refractivity contribution >= 4 is 11.6 Å². The van der Waals surface area contributed by atoms with Crippen LogP contribution in [0, 0.1) is 0 Å². The molecule has 0 saturated heterocycles. The van der Waals surface area contributed by atoms with Crippen molar-refractivity contribution < 1.29 is 34.4 Å².